The first-order chi connectivity index (χ1) is 15.9. The molecule has 0 amide bonds. The van der Waals surface area contributed by atoms with E-state index in [-0.39, 0.29) is 23.0 Å². The highest BCUT2D eigenvalue weighted by Gasteiger charge is 2.34. The molecule has 3 heterocycles. The second-order valence-electron chi connectivity index (χ2n) is 7.10. The van der Waals surface area contributed by atoms with Crippen molar-refractivity contribution < 1.29 is 13.2 Å². The molecule has 0 atom stereocenters. The Balaban J connectivity index is 1.40. The molecule has 2 N–H and O–H groups in total. The summed E-state index contributed by atoms with van der Waals surface area (Å²) in [6.07, 6.45) is -3.36. The van der Waals surface area contributed by atoms with Crippen LogP contribution in [0.5, 0.6) is 0 Å². The standard InChI is InChI=1S/C21H14ClF3N8/c22-16-11-27-33-18(9-17(21(23,24)25)28-20(16)33)26-10-12-5-7-13(8-6-12)14-3-1-2-4-15(14)19-29-31-32-30-19/h1-9,11,26H,10H2,(H,29,30,31,32). The van der Waals surface area contributed by atoms with Crippen molar-refractivity contribution in [3.05, 3.63) is 77.1 Å². The lowest BCUT2D eigenvalue weighted by atomic mass is 9.98. The third kappa shape index (κ3) is 4.10. The van der Waals surface area contributed by atoms with Crippen LogP contribution in [0.2, 0.25) is 5.02 Å². The monoisotopic (exact) mass is 470 g/mol. The van der Waals surface area contributed by atoms with Crippen molar-refractivity contribution >= 4 is 23.1 Å². The lowest BCUT2D eigenvalue weighted by Crippen LogP contribution is -2.13. The Morgan fingerprint density at radius 3 is 2.48 bits per heavy atom. The van der Waals surface area contributed by atoms with E-state index in [2.05, 4.69) is 36.0 Å². The number of tetrazole rings is 1. The Morgan fingerprint density at radius 1 is 1.03 bits per heavy atom. The minimum Gasteiger partial charge on any atom is -0.366 e. The van der Waals surface area contributed by atoms with Gasteiger partial charge in [0.15, 0.2) is 17.2 Å². The van der Waals surface area contributed by atoms with Crippen LogP contribution in [-0.4, -0.2) is 35.2 Å². The van der Waals surface area contributed by atoms with Gasteiger partial charge in [-0.3, -0.25) is 0 Å². The number of nitrogens with zero attached hydrogens (tertiary/aromatic N) is 6. The molecular weight excluding hydrogens is 457 g/mol. The molecule has 8 nitrogen and oxygen atoms in total. The average Bonchev–Trinajstić information content (AvgIpc) is 3.48. The quantitative estimate of drug-likeness (QED) is 0.381. The van der Waals surface area contributed by atoms with Gasteiger partial charge in [-0.05, 0) is 27.1 Å². The summed E-state index contributed by atoms with van der Waals surface area (Å²) in [6.45, 7) is 0.266. The highest BCUT2D eigenvalue weighted by atomic mass is 35.5. The molecule has 5 aromatic rings. The molecule has 5 rings (SSSR count). The number of hydrogen-bond acceptors (Lipinski definition) is 6. The molecule has 0 saturated carbocycles. The number of benzene rings is 2. The lowest BCUT2D eigenvalue weighted by Gasteiger charge is -2.13. The van der Waals surface area contributed by atoms with Crippen LogP contribution in [0.3, 0.4) is 0 Å². The van der Waals surface area contributed by atoms with Crippen LogP contribution in [0.25, 0.3) is 28.2 Å². The van der Waals surface area contributed by atoms with E-state index in [4.69, 9.17) is 11.6 Å². The fourth-order valence-electron chi connectivity index (χ4n) is 3.42. The van der Waals surface area contributed by atoms with Crippen LogP contribution in [0.15, 0.2) is 60.8 Å². The molecule has 0 spiro atoms. The van der Waals surface area contributed by atoms with Crippen LogP contribution >= 0.6 is 11.6 Å². The van der Waals surface area contributed by atoms with Gasteiger partial charge in [0, 0.05) is 18.2 Å². The van der Waals surface area contributed by atoms with Gasteiger partial charge in [0.2, 0.25) is 0 Å². The molecule has 0 radical (unpaired) electrons. The molecule has 0 aliphatic carbocycles. The van der Waals surface area contributed by atoms with Crippen LogP contribution in [0.4, 0.5) is 19.0 Å². The van der Waals surface area contributed by atoms with Crippen molar-refractivity contribution in [1.82, 2.24) is 35.2 Å². The Bertz CT molecular complexity index is 1410. The molecule has 0 bridgehead atoms. The van der Waals surface area contributed by atoms with Crippen molar-refractivity contribution in [2.75, 3.05) is 5.32 Å². The summed E-state index contributed by atoms with van der Waals surface area (Å²) in [6, 6.07) is 16.2. The molecule has 166 valence electrons. The van der Waals surface area contributed by atoms with Gasteiger partial charge < -0.3 is 5.32 Å². The Kier molecular flexibility index (Phi) is 5.17. The normalized spacial score (nSPS) is 11.8. The van der Waals surface area contributed by atoms with Gasteiger partial charge in [-0.15, -0.1) is 5.10 Å². The van der Waals surface area contributed by atoms with Gasteiger partial charge in [0.05, 0.1) is 6.20 Å². The molecule has 0 unspecified atom stereocenters. The summed E-state index contributed by atoms with van der Waals surface area (Å²) in [4.78, 5) is 3.58. The number of aromatic nitrogens is 7. The van der Waals surface area contributed by atoms with Gasteiger partial charge >= 0.3 is 6.18 Å². The van der Waals surface area contributed by atoms with Gasteiger partial charge in [-0.1, -0.05) is 60.1 Å². The molecule has 12 heteroatoms. The zero-order chi connectivity index (χ0) is 23.0. The van der Waals surface area contributed by atoms with E-state index in [1.54, 1.807) is 0 Å². The van der Waals surface area contributed by atoms with Crippen LogP contribution in [0.1, 0.15) is 11.3 Å². The Labute approximate surface area is 189 Å². The highest BCUT2D eigenvalue weighted by Crippen LogP contribution is 2.32. The van der Waals surface area contributed by atoms with E-state index in [0.717, 1.165) is 28.3 Å². The SMILES string of the molecule is FC(F)(F)c1cc(NCc2ccc(-c3ccccc3-c3nnn[nH]3)cc2)n2ncc(Cl)c2n1. The number of H-pyrrole nitrogens is 1. The second kappa shape index (κ2) is 8.17. The molecule has 3 aromatic heterocycles. The predicted octanol–water partition coefficient (Wildman–Crippen LogP) is 4.86. The molecule has 2 aromatic carbocycles. The molecule has 0 fully saturated rings. The molecular formula is C21H14ClF3N8. The number of halogens is 4. The van der Waals surface area contributed by atoms with E-state index in [1.807, 2.05) is 48.5 Å². The predicted molar refractivity (Wildman–Crippen MR) is 115 cm³/mol. The first kappa shape index (κ1) is 20.9. The van der Waals surface area contributed by atoms with Crippen LogP contribution in [-0.2, 0) is 12.7 Å². The van der Waals surface area contributed by atoms with Gasteiger partial charge in [0.1, 0.15) is 10.8 Å². The zero-order valence-electron chi connectivity index (χ0n) is 16.7. The van der Waals surface area contributed by atoms with Crippen molar-refractivity contribution in [3.8, 4) is 22.5 Å². The third-order valence-electron chi connectivity index (χ3n) is 4.99. The number of rotatable bonds is 5. The summed E-state index contributed by atoms with van der Waals surface area (Å²) < 4.78 is 41.0. The first-order valence-corrected chi connectivity index (χ1v) is 10.1. The summed E-state index contributed by atoms with van der Waals surface area (Å²) >= 11 is 5.95. The number of hydrogen-bond donors (Lipinski definition) is 2. The third-order valence-corrected chi connectivity index (χ3v) is 5.25. The summed E-state index contributed by atoms with van der Waals surface area (Å²) in [5.74, 6) is 0.683. The number of nitrogens with one attached hydrogen (secondary N) is 2. The van der Waals surface area contributed by atoms with Crippen molar-refractivity contribution in [2.45, 2.75) is 12.7 Å². The minimum atomic E-state index is -4.61. The van der Waals surface area contributed by atoms with Gasteiger partial charge in [-0.2, -0.15) is 22.8 Å². The summed E-state index contributed by atoms with van der Waals surface area (Å²) in [5, 5.41) is 21.0. The summed E-state index contributed by atoms with van der Waals surface area (Å²) in [7, 11) is 0. The molecule has 33 heavy (non-hydrogen) atoms. The molecule has 0 aliphatic heterocycles. The number of alkyl halides is 3. The number of aromatic amines is 1. The maximum absolute atomic E-state index is 13.3. The topological polar surface area (TPSA) is 96.7 Å². The van der Waals surface area contributed by atoms with E-state index in [9.17, 15) is 13.2 Å². The highest BCUT2D eigenvalue weighted by molar-refractivity contribution is 6.33. The van der Waals surface area contributed by atoms with E-state index >= 15 is 0 Å². The average molecular weight is 471 g/mol. The maximum Gasteiger partial charge on any atom is 0.433 e. The van der Waals surface area contributed by atoms with E-state index in [0.29, 0.717) is 5.82 Å². The summed E-state index contributed by atoms with van der Waals surface area (Å²) in [5.41, 5.74) is 2.47. The van der Waals surface area contributed by atoms with Crippen LogP contribution in [0, 0.1) is 0 Å². The zero-order valence-corrected chi connectivity index (χ0v) is 17.4. The van der Waals surface area contributed by atoms with Crippen molar-refractivity contribution in [2.24, 2.45) is 0 Å². The maximum atomic E-state index is 13.3. The fraction of sp³-hybridized carbons (Fsp3) is 0.0952. The van der Waals surface area contributed by atoms with Crippen molar-refractivity contribution in [1.29, 1.82) is 0 Å². The number of fused-ring (bicyclic) bond motifs is 1. The Hall–Kier alpha value is -3.99. The molecule has 0 aliphatic rings. The second-order valence-corrected chi connectivity index (χ2v) is 7.51. The fourth-order valence-corrected chi connectivity index (χ4v) is 3.58. The molecule has 0 saturated heterocycles. The first-order valence-electron chi connectivity index (χ1n) is 9.68. The smallest absolute Gasteiger partial charge is 0.366 e. The lowest BCUT2D eigenvalue weighted by molar-refractivity contribution is -0.141. The largest absolute Gasteiger partial charge is 0.433 e. The van der Waals surface area contributed by atoms with Crippen LogP contribution < -0.4 is 5.32 Å². The van der Waals surface area contributed by atoms with E-state index < -0.39 is 11.9 Å². The van der Waals surface area contributed by atoms with Gasteiger partial charge in [0.25, 0.3) is 0 Å². The Morgan fingerprint density at radius 2 is 1.79 bits per heavy atom. The van der Waals surface area contributed by atoms with Gasteiger partial charge in [-0.25, -0.2) is 10.1 Å². The van der Waals surface area contributed by atoms with E-state index in [1.165, 1.54) is 10.7 Å². The number of anilines is 1. The van der Waals surface area contributed by atoms with Crippen molar-refractivity contribution in [3.63, 3.8) is 0 Å². The minimum absolute atomic E-state index is 0.0362.